The zero-order valence-electron chi connectivity index (χ0n) is 10.5. The Hall–Kier alpha value is -0.840. The van der Waals surface area contributed by atoms with Gasteiger partial charge < -0.3 is 10.6 Å². The first-order valence-electron chi connectivity index (χ1n) is 5.99. The number of anilines is 2. The van der Waals surface area contributed by atoms with Gasteiger partial charge in [-0.1, -0.05) is 20.3 Å². The summed E-state index contributed by atoms with van der Waals surface area (Å²) in [6.45, 7) is 4.62. The van der Waals surface area contributed by atoms with Gasteiger partial charge in [0.1, 0.15) is 22.4 Å². The molecule has 94 valence electrons. The van der Waals surface area contributed by atoms with Crippen LogP contribution in [0.4, 0.5) is 11.6 Å². The fraction of sp³-hybridized carbons (Fsp3) is 0.667. The van der Waals surface area contributed by atoms with Gasteiger partial charge in [0.05, 0.1) is 0 Å². The number of aromatic nitrogens is 2. The Labute approximate surface area is 111 Å². The van der Waals surface area contributed by atoms with Crippen molar-refractivity contribution in [1.82, 2.24) is 9.97 Å². The molecule has 4 nitrogen and oxygen atoms in total. The molecule has 1 aromatic heterocycles. The third-order valence-electron chi connectivity index (χ3n) is 3.59. The number of nitrogens with zero attached hydrogens (tertiary/aromatic N) is 2. The van der Waals surface area contributed by atoms with Gasteiger partial charge in [-0.25, -0.2) is 9.97 Å². The molecule has 0 bridgehead atoms. The van der Waals surface area contributed by atoms with Crippen molar-refractivity contribution in [2.24, 2.45) is 5.41 Å². The predicted molar refractivity (Wildman–Crippen MR) is 74.3 cm³/mol. The lowest BCUT2D eigenvalue weighted by molar-refractivity contribution is 0.349. The first-order chi connectivity index (χ1) is 8.04. The molecular weight excluding hydrogens is 280 g/mol. The molecular formula is C12H19BrN4. The zero-order chi connectivity index (χ0) is 12.5. The number of halogens is 1. The molecule has 0 radical (unpaired) electrons. The largest absolute Gasteiger partial charge is 0.372 e. The van der Waals surface area contributed by atoms with Crippen molar-refractivity contribution in [2.45, 2.75) is 39.2 Å². The summed E-state index contributed by atoms with van der Waals surface area (Å²) in [7, 11) is 1.86. The van der Waals surface area contributed by atoms with Crippen LogP contribution in [0.15, 0.2) is 10.8 Å². The molecule has 5 heteroatoms. The average molecular weight is 299 g/mol. The molecule has 1 aliphatic carbocycles. The molecule has 1 atom stereocenters. The molecule has 1 aliphatic rings. The summed E-state index contributed by atoms with van der Waals surface area (Å²) in [6.07, 6.45) is 5.34. The Morgan fingerprint density at radius 3 is 2.65 bits per heavy atom. The van der Waals surface area contributed by atoms with Crippen molar-refractivity contribution in [3.8, 4) is 0 Å². The van der Waals surface area contributed by atoms with Crippen LogP contribution in [-0.2, 0) is 0 Å². The first kappa shape index (κ1) is 12.6. The highest BCUT2D eigenvalue weighted by Gasteiger charge is 2.34. The van der Waals surface area contributed by atoms with E-state index in [9.17, 15) is 0 Å². The lowest BCUT2D eigenvalue weighted by Crippen LogP contribution is -2.31. The van der Waals surface area contributed by atoms with Crippen molar-refractivity contribution < 1.29 is 0 Å². The van der Waals surface area contributed by atoms with Gasteiger partial charge in [0.25, 0.3) is 0 Å². The first-order valence-corrected chi connectivity index (χ1v) is 6.78. The van der Waals surface area contributed by atoms with Gasteiger partial charge in [-0.15, -0.1) is 0 Å². The summed E-state index contributed by atoms with van der Waals surface area (Å²) in [5.74, 6) is 1.70. The van der Waals surface area contributed by atoms with Crippen LogP contribution in [0.1, 0.15) is 33.1 Å². The maximum Gasteiger partial charge on any atom is 0.146 e. The van der Waals surface area contributed by atoms with Crippen LogP contribution in [-0.4, -0.2) is 23.1 Å². The summed E-state index contributed by atoms with van der Waals surface area (Å²) < 4.78 is 0.908. The van der Waals surface area contributed by atoms with E-state index >= 15 is 0 Å². The summed E-state index contributed by atoms with van der Waals surface area (Å²) >= 11 is 3.54. The quantitative estimate of drug-likeness (QED) is 0.899. The van der Waals surface area contributed by atoms with Crippen molar-refractivity contribution in [3.05, 3.63) is 10.8 Å². The van der Waals surface area contributed by atoms with E-state index in [1.54, 1.807) is 6.33 Å². The summed E-state index contributed by atoms with van der Waals surface area (Å²) in [5.41, 5.74) is 0.337. The number of nitrogens with one attached hydrogen (secondary N) is 2. The Kier molecular flexibility index (Phi) is 3.56. The molecule has 1 heterocycles. The van der Waals surface area contributed by atoms with E-state index in [2.05, 4.69) is 50.4 Å². The van der Waals surface area contributed by atoms with E-state index in [-0.39, 0.29) is 0 Å². The maximum absolute atomic E-state index is 4.31. The Bertz CT molecular complexity index is 405. The van der Waals surface area contributed by atoms with Crippen LogP contribution < -0.4 is 10.6 Å². The minimum absolute atomic E-state index is 0.337. The lowest BCUT2D eigenvalue weighted by Gasteiger charge is -2.28. The monoisotopic (exact) mass is 298 g/mol. The van der Waals surface area contributed by atoms with Crippen molar-refractivity contribution in [3.63, 3.8) is 0 Å². The molecule has 0 aliphatic heterocycles. The van der Waals surface area contributed by atoms with Gasteiger partial charge in [0.15, 0.2) is 0 Å². The van der Waals surface area contributed by atoms with E-state index in [1.807, 2.05) is 7.05 Å². The van der Waals surface area contributed by atoms with Gasteiger partial charge in [-0.2, -0.15) is 0 Å². The molecule has 0 spiro atoms. The molecule has 0 amide bonds. The molecule has 2 N–H and O–H groups in total. The number of hydrogen-bond acceptors (Lipinski definition) is 4. The smallest absolute Gasteiger partial charge is 0.146 e. The Morgan fingerprint density at radius 2 is 2.06 bits per heavy atom. The molecule has 17 heavy (non-hydrogen) atoms. The van der Waals surface area contributed by atoms with Crippen molar-refractivity contribution >= 4 is 27.6 Å². The molecule has 2 rings (SSSR count). The van der Waals surface area contributed by atoms with Crippen LogP contribution in [0.3, 0.4) is 0 Å². The molecule has 1 saturated carbocycles. The highest BCUT2D eigenvalue weighted by molar-refractivity contribution is 9.10. The average Bonchev–Trinajstić information content (AvgIpc) is 2.61. The minimum Gasteiger partial charge on any atom is -0.372 e. The molecule has 1 aromatic rings. The third kappa shape index (κ3) is 2.54. The van der Waals surface area contributed by atoms with Gasteiger partial charge in [-0.05, 0) is 34.2 Å². The second kappa shape index (κ2) is 4.80. The maximum atomic E-state index is 4.31. The molecule has 1 fully saturated rings. The van der Waals surface area contributed by atoms with Gasteiger partial charge >= 0.3 is 0 Å². The second-order valence-corrected chi connectivity index (χ2v) is 6.01. The minimum atomic E-state index is 0.337. The van der Waals surface area contributed by atoms with Crippen LogP contribution in [0.25, 0.3) is 0 Å². The Morgan fingerprint density at radius 1 is 1.35 bits per heavy atom. The normalized spacial score (nSPS) is 22.5. The van der Waals surface area contributed by atoms with E-state index in [0.717, 1.165) is 16.1 Å². The van der Waals surface area contributed by atoms with Crippen LogP contribution >= 0.6 is 15.9 Å². The van der Waals surface area contributed by atoms with Crippen molar-refractivity contribution in [2.75, 3.05) is 17.7 Å². The fourth-order valence-electron chi connectivity index (χ4n) is 2.40. The predicted octanol–water partition coefficient (Wildman–Crippen LogP) is 3.27. The van der Waals surface area contributed by atoms with Crippen molar-refractivity contribution in [1.29, 1.82) is 0 Å². The third-order valence-corrected chi connectivity index (χ3v) is 4.35. The standard InChI is InChI=1S/C12H19BrN4/c1-12(2)6-4-5-8(12)17-11-9(13)10(14-3)15-7-16-11/h7-8H,4-6H2,1-3H3,(H2,14,15,16,17). The second-order valence-electron chi connectivity index (χ2n) is 5.21. The SMILES string of the molecule is CNc1ncnc(NC2CCCC2(C)C)c1Br. The molecule has 0 aromatic carbocycles. The van der Waals surface area contributed by atoms with E-state index < -0.39 is 0 Å². The van der Waals surface area contributed by atoms with Gasteiger partial charge in [-0.3, -0.25) is 0 Å². The van der Waals surface area contributed by atoms with E-state index in [4.69, 9.17) is 0 Å². The van der Waals surface area contributed by atoms with Gasteiger partial charge in [0.2, 0.25) is 0 Å². The van der Waals surface area contributed by atoms with E-state index in [0.29, 0.717) is 11.5 Å². The highest BCUT2D eigenvalue weighted by Crippen LogP contribution is 2.40. The summed E-state index contributed by atoms with van der Waals surface area (Å²) in [4.78, 5) is 8.47. The number of hydrogen-bond donors (Lipinski definition) is 2. The zero-order valence-corrected chi connectivity index (χ0v) is 12.1. The molecule has 1 unspecified atom stereocenters. The Balaban J connectivity index is 2.19. The summed E-state index contributed by atoms with van der Waals surface area (Å²) in [6, 6.07) is 0.485. The summed E-state index contributed by atoms with van der Waals surface area (Å²) in [5, 5.41) is 6.58. The van der Waals surface area contributed by atoms with Crippen LogP contribution in [0, 0.1) is 5.41 Å². The number of rotatable bonds is 3. The van der Waals surface area contributed by atoms with Crippen LogP contribution in [0.2, 0.25) is 0 Å². The molecule has 0 saturated heterocycles. The van der Waals surface area contributed by atoms with Crippen LogP contribution in [0.5, 0.6) is 0 Å². The van der Waals surface area contributed by atoms with E-state index in [1.165, 1.54) is 19.3 Å². The topological polar surface area (TPSA) is 49.8 Å². The lowest BCUT2D eigenvalue weighted by atomic mass is 9.87. The highest BCUT2D eigenvalue weighted by atomic mass is 79.9. The van der Waals surface area contributed by atoms with Gasteiger partial charge in [0, 0.05) is 13.1 Å². The fourth-order valence-corrected chi connectivity index (χ4v) is 2.92.